The van der Waals surface area contributed by atoms with Gasteiger partial charge >= 0.3 is 0 Å². The van der Waals surface area contributed by atoms with E-state index >= 15 is 0 Å². The second-order valence-electron chi connectivity index (χ2n) is 4.94. The Morgan fingerprint density at radius 1 is 1.17 bits per heavy atom. The van der Waals surface area contributed by atoms with Gasteiger partial charge in [-0.05, 0) is 46.4 Å². The van der Waals surface area contributed by atoms with Gasteiger partial charge < -0.3 is 5.32 Å². The van der Waals surface area contributed by atoms with Crippen LogP contribution in [0.3, 0.4) is 0 Å². The second-order valence-corrected chi connectivity index (χ2v) is 6.54. The SMILES string of the molecule is O=C(Nc1ccnn1Cc1ccccc1)c1cc(Cl)ccc1I. The number of rotatable bonds is 4. The molecule has 0 atom stereocenters. The van der Waals surface area contributed by atoms with E-state index in [1.807, 2.05) is 36.4 Å². The number of carbonyl (C=O) groups excluding carboxylic acids is 1. The molecule has 1 amide bonds. The van der Waals surface area contributed by atoms with Gasteiger partial charge in [-0.15, -0.1) is 0 Å². The van der Waals surface area contributed by atoms with E-state index in [-0.39, 0.29) is 5.91 Å². The predicted molar refractivity (Wildman–Crippen MR) is 99.9 cm³/mol. The predicted octanol–water partition coefficient (Wildman–Crippen LogP) is 4.44. The summed E-state index contributed by atoms with van der Waals surface area (Å²) in [7, 11) is 0. The van der Waals surface area contributed by atoms with Crippen LogP contribution in [0, 0.1) is 3.57 Å². The van der Waals surface area contributed by atoms with Crippen LogP contribution >= 0.6 is 34.2 Å². The maximum Gasteiger partial charge on any atom is 0.257 e. The second kappa shape index (κ2) is 7.14. The summed E-state index contributed by atoms with van der Waals surface area (Å²) in [4.78, 5) is 12.5. The molecule has 0 aliphatic carbocycles. The van der Waals surface area contributed by atoms with E-state index < -0.39 is 0 Å². The van der Waals surface area contributed by atoms with Crippen LogP contribution in [0.4, 0.5) is 5.82 Å². The highest BCUT2D eigenvalue weighted by Crippen LogP contribution is 2.19. The third kappa shape index (κ3) is 3.92. The van der Waals surface area contributed by atoms with Crippen LogP contribution in [0.2, 0.25) is 5.02 Å². The van der Waals surface area contributed by atoms with E-state index in [1.54, 1.807) is 29.1 Å². The Bertz CT molecular complexity index is 833. The Morgan fingerprint density at radius 3 is 2.74 bits per heavy atom. The van der Waals surface area contributed by atoms with Gasteiger partial charge in [0.25, 0.3) is 5.91 Å². The van der Waals surface area contributed by atoms with Gasteiger partial charge in [-0.25, -0.2) is 4.68 Å². The van der Waals surface area contributed by atoms with Crippen LogP contribution in [0.25, 0.3) is 0 Å². The zero-order valence-electron chi connectivity index (χ0n) is 12.0. The highest BCUT2D eigenvalue weighted by molar-refractivity contribution is 14.1. The molecule has 2 aromatic carbocycles. The van der Waals surface area contributed by atoms with Crippen molar-refractivity contribution in [3.8, 4) is 0 Å². The topological polar surface area (TPSA) is 46.9 Å². The first-order valence-electron chi connectivity index (χ1n) is 6.95. The Morgan fingerprint density at radius 2 is 1.96 bits per heavy atom. The fraction of sp³-hybridized carbons (Fsp3) is 0.0588. The number of benzene rings is 2. The summed E-state index contributed by atoms with van der Waals surface area (Å²) >= 11 is 8.10. The molecule has 0 spiro atoms. The third-order valence-electron chi connectivity index (χ3n) is 3.31. The molecule has 1 N–H and O–H groups in total. The Hall–Kier alpha value is -1.86. The van der Waals surface area contributed by atoms with Crippen LogP contribution < -0.4 is 5.32 Å². The number of amides is 1. The van der Waals surface area contributed by atoms with Gasteiger partial charge in [-0.1, -0.05) is 41.9 Å². The maximum atomic E-state index is 12.5. The molecule has 0 saturated heterocycles. The summed E-state index contributed by atoms with van der Waals surface area (Å²) in [6, 6.07) is 17.0. The van der Waals surface area contributed by atoms with Gasteiger partial charge in [0.05, 0.1) is 18.3 Å². The van der Waals surface area contributed by atoms with Gasteiger partial charge in [0.15, 0.2) is 0 Å². The molecule has 0 saturated carbocycles. The van der Waals surface area contributed by atoms with Crippen molar-refractivity contribution in [3.05, 3.63) is 80.5 Å². The number of carbonyl (C=O) groups is 1. The van der Waals surface area contributed by atoms with Crippen molar-refractivity contribution in [2.45, 2.75) is 6.54 Å². The van der Waals surface area contributed by atoms with Gasteiger partial charge in [0.1, 0.15) is 5.82 Å². The van der Waals surface area contributed by atoms with Crippen molar-refractivity contribution in [2.24, 2.45) is 0 Å². The molecule has 3 aromatic rings. The molecule has 0 bridgehead atoms. The van der Waals surface area contributed by atoms with Crippen molar-refractivity contribution >= 4 is 45.9 Å². The van der Waals surface area contributed by atoms with Crippen LogP contribution in [-0.2, 0) is 6.54 Å². The Labute approximate surface area is 152 Å². The Kier molecular flexibility index (Phi) is 4.97. The van der Waals surface area contributed by atoms with E-state index in [1.165, 1.54) is 0 Å². The van der Waals surface area contributed by atoms with Crippen LogP contribution in [-0.4, -0.2) is 15.7 Å². The van der Waals surface area contributed by atoms with Crippen molar-refractivity contribution < 1.29 is 4.79 Å². The molecule has 3 rings (SSSR count). The highest BCUT2D eigenvalue weighted by Gasteiger charge is 2.13. The molecule has 1 aromatic heterocycles. The summed E-state index contributed by atoms with van der Waals surface area (Å²) in [5.74, 6) is 0.446. The monoisotopic (exact) mass is 437 g/mol. The Balaban J connectivity index is 1.80. The fourth-order valence-corrected chi connectivity index (χ4v) is 2.93. The van der Waals surface area contributed by atoms with Crippen molar-refractivity contribution in [2.75, 3.05) is 5.32 Å². The highest BCUT2D eigenvalue weighted by atomic mass is 127. The van der Waals surface area contributed by atoms with Gasteiger partial charge in [0, 0.05) is 14.7 Å². The standard InChI is InChI=1S/C17H13ClIN3O/c18-13-6-7-15(19)14(10-13)17(23)21-16-8-9-20-22(16)11-12-4-2-1-3-5-12/h1-10H,11H2,(H,21,23). The average Bonchev–Trinajstić information content (AvgIpc) is 2.97. The van der Waals surface area contributed by atoms with E-state index in [0.29, 0.717) is 22.9 Å². The smallest absolute Gasteiger partial charge is 0.257 e. The zero-order chi connectivity index (χ0) is 16.2. The minimum atomic E-state index is -0.202. The van der Waals surface area contributed by atoms with E-state index in [9.17, 15) is 4.79 Å². The van der Waals surface area contributed by atoms with Crippen LogP contribution in [0.15, 0.2) is 60.8 Å². The zero-order valence-corrected chi connectivity index (χ0v) is 15.0. The van der Waals surface area contributed by atoms with Crippen molar-refractivity contribution in [3.63, 3.8) is 0 Å². The van der Waals surface area contributed by atoms with Crippen molar-refractivity contribution in [1.82, 2.24) is 9.78 Å². The number of nitrogens with zero attached hydrogens (tertiary/aromatic N) is 2. The quantitative estimate of drug-likeness (QED) is 0.613. The number of aromatic nitrogens is 2. The molecule has 4 nitrogen and oxygen atoms in total. The summed E-state index contributed by atoms with van der Waals surface area (Å²) in [6.45, 7) is 0.593. The van der Waals surface area contributed by atoms with Crippen LogP contribution in [0.1, 0.15) is 15.9 Å². The lowest BCUT2D eigenvalue weighted by molar-refractivity contribution is 0.102. The lowest BCUT2D eigenvalue weighted by atomic mass is 10.2. The molecule has 6 heteroatoms. The first-order chi connectivity index (χ1) is 11.1. The molecule has 0 aliphatic heterocycles. The molecule has 116 valence electrons. The van der Waals surface area contributed by atoms with Crippen molar-refractivity contribution in [1.29, 1.82) is 0 Å². The van der Waals surface area contributed by atoms with E-state index in [2.05, 4.69) is 33.0 Å². The fourth-order valence-electron chi connectivity index (χ4n) is 2.18. The molecule has 1 heterocycles. The lowest BCUT2D eigenvalue weighted by Gasteiger charge is -2.10. The summed E-state index contributed by atoms with van der Waals surface area (Å²) in [5.41, 5.74) is 1.66. The minimum Gasteiger partial charge on any atom is -0.307 e. The number of hydrogen-bond donors (Lipinski definition) is 1. The maximum absolute atomic E-state index is 12.5. The number of nitrogens with one attached hydrogen (secondary N) is 1. The van der Waals surface area contributed by atoms with Gasteiger partial charge in [-0.3, -0.25) is 4.79 Å². The number of hydrogen-bond acceptors (Lipinski definition) is 2. The normalized spacial score (nSPS) is 10.5. The van der Waals surface area contributed by atoms with E-state index in [0.717, 1.165) is 9.13 Å². The molecule has 0 fully saturated rings. The molecular formula is C17H13ClIN3O. The van der Waals surface area contributed by atoms with Gasteiger partial charge in [-0.2, -0.15) is 5.10 Å². The first-order valence-corrected chi connectivity index (χ1v) is 8.41. The van der Waals surface area contributed by atoms with Gasteiger partial charge in [0.2, 0.25) is 0 Å². The summed E-state index contributed by atoms with van der Waals surface area (Å²) in [6.07, 6.45) is 1.67. The minimum absolute atomic E-state index is 0.202. The van der Waals surface area contributed by atoms with Crippen LogP contribution in [0.5, 0.6) is 0 Å². The third-order valence-corrected chi connectivity index (χ3v) is 4.48. The number of anilines is 1. The average molecular weight is 438 g/mol. The molecule has 0 aliphatic rings. The van der Waals surface area contributed by atoms with E-state index in [4.69, 9.17) is 11.6 Å². The summed E-state index contributed by atoms with van der Waals surface area (Å²) in [5, 5.41) is 7.70. The molecule has 23 heavy (non-hydrogen) atoms. The molecule has 0 radical (unpaired) electrons. The summed E-state index contributed by atoms with van der Waals surface area (Å²) < 4.78 is 2.60. The largest absolute Gasteiger partial charge is 0.307 e. The number of halogens is 2. The molecular weight excluding hydrogens is 425 g/mol. The lowest BCUT2D eigenvalue weighted by Crippen LogP contribution is -2.17. The molecule has 0 unspecified atom stereocenters. The first kappa shape index (κ1) is 16.0.